The molecule has 0 aromatic heterocycles. The second-order valence-electron chi connectivity index (χ2n) is 4.95. The molecule has 7 nitrogen and oxygen atoms in total. The van der Waals surface area contributed by atoms with E-state index in [2.05, 4.69) is 15.8 Å². The first-order valence-electron chi connectivity index (χ1n) is 7.00. The molecule has 0 atom stereocenters. The minimum Gasteiger partial charge on any atom is -0.478 e. The molecule has 24 heavy (non-hydrogen) atoms. The topological polar surface area (TPSA) is 108 Å². The molecule has 0 heterocycles. The number of aryl methyl sites for hydroxylation is 1. The summed E-state index contributed by atoms with van der Waals surface area (Å²) in [6, 6.07) is 12.9. The van der Waals surface area contributed by atoms with Crippen molar-refractivity contribution in [1.29, 1.82) is 0 Å². The summed E-state index contributed by atoms with van der Waals surface area (Å²) in [5, 5.41) is 14.9. The molecular weight excluding hydrogens is 310 g/mol. The Bertz CT molecular complexity index is 780. The van der Waals surface area contributed by atoms with Gasteiger partial charge in [0.05, 0.1) is 11.8 Å². The van der Waals surface area contributed by atoms with Gasteiger partial charge in [0.1, 0.15) is 0 Å². The molecule has 7 heteroatoms. The maximum Gasteiger partial charge on any atom is 0.335 e. The largest absolute Gasteiger partial charge is 0.478 e. The van der Waals surface area contributed by atoms with Crippen molar-refractivity contribution in [2.24, 2.45) is 5.10 Å². The molecule has 0 spiro atoms. The van der Waals surface area contributed by atoms with E-state index in [1.54, 1.807) is 12.1 Å². The molecule has 0 aliphatic rings. The van der Waals surface area contributed by atoms with Crippen LogP contribution < -0.4 is 10.7 Å². The lowest BCUT2D eigenvalue weighted by Gasteiger charge is -2.04. The lowest BCUT2D eigenvalue weighted by atomic mass is 10.1. The van der Waals surface area contributed by atoms with E-state index >= 15 is 0 Å². The highest BCUT2D eigenvalue weighted by Crippen LogP contribution is 2.08. The SMILES string of the molecule is Cc1ccc(NC(=O)C(=O)N/N=C\c2ccc(C(=O)O)cc2)cc1. The fourth-order valence-electron chi connectivity index (χ4n) is 1.75. The van der Waals surface area contributed by atoms with Crippen molar-refractivity contribution in [1.82, 2.24) is 5.43 Å². The highest BCUT2D eigenvalue weighted by molar-refractivity contribution is 6.39. The number of rotatable bonds is 4. The van der Waals surface area contributed by atoms with Crippen LogP contribution in [0.1, 0.15) is 21.5 Å². The fourth-order valence-corrected chi connectivity index (χ4v) is 1.75. The predicted molar refractivity (Wildman–Crippen MR) is 88.9 cm³/mol. The van der Waals surface area contributed by atoms with Crippen LogP contribution in [-0.2, 0) is 9.59 Å². The first-order chi connectivity index (χ1) is 11.5. The molecule has 3 N–H and O–H groups in total. The van der Waals surface area contributed by atoms with Gasteiger partial charge in [0, 0.05) is 5.69 Å². The van der Waals surface area contributed by atoms with Crippen molar-refractivity contribution in [3.8, 4) is 0 Å². The summed E-state index contributed by atoms with van der Waals surface area (Å²) in [6.07, 6.45) is 1.31. The Morgan fingerprint density at radius 3 is 2.17 bits per heavy atom. The molecule has 0 radical (unpaired) electrons. The summed E-state index contributed by atoms with van der Waals surface area (Å²) in [5.41, 5.74) is 4.38. The first kappa shape index (κ1) is 16.9. The van der Waals surface area contributed by atoms with Gasteiger partial charge in [0.2, 0.25) is 0 Å². The van der Waals surface area contributed by atoms with E-state index in [0.717, 1.165) is 5.56 Å². The van der Waals surface area contributed by atoms with Crippen LogP contribution in [0.2, 0.25) is 0 Å². The number of carbonyl (C=O) groups excluding carboxylic acids is 2. The summed E-state index contributed by atoms with van der Waals surface area (Å²) in [4.78, 5) is 34.1. The zero-order valence-corrected chi connectivity index (χ0v) is 12.8. The first-order valence-corrected chi connectivity index (χ1v) is 7.00. The highest BCUT2D eigenvalue weighted by Gasteiger charge is 2.12. The number of anilines is 1. The molecule has 0 unspecified atom stereocenters. The second kappa shape index (κ2) is 7.68. The molecule has 0 saturated heterocycles. The van der Waals surface area contributed by atoms with Crippen LogP contribution in [0.3, 0.4) is 0 Å². The molecule has 0 aliphatic heterocycles. The molecule has 2 amide bonds. The number of nitrogens with one attached hydrogen (secondary N) is 2. The molecule has 2 aromatic carbocycles. The number of nitrogens with zero attached hydrogens (tertiary/aromatic N) is 1. The van der Waals surface area contributed by atoms with Crippen molar-refractivity contribution < 1.29 is 19.5 Å². The summed E-state index contributed by atoms with van der Waals surface area (Å²) in [5.74, 6) is -2.77. The Hall–Kier alpha value is -3.48. The predicted octanol–water partition coefficient (Wildman–Crippen LogP) is 1.78. The van der Waals surface area contributed by atoms with Crippen molar-refractivity contribution in [2.75, 3.05) is 5.32 Å². The van der Waals surface area contributed by atoms with Crippen LogP contribution in [0.25, 0.3) is 0 Å². The number of carboxylic acids is 1. The van der Waals surface area contributed by atoms with Crippen molar-refractivity contribution >= 4 is 29.7 Å². The van der Waals surface area contributed by atoms with E-state index in [-0.39, 0.29) is 5.56 Å². The van der Waals surface area contributed by atoms with Gasteiger partial charge in [0.15, 0.2) is 0 Å². The monoisotopic (exact) mass is 325 g/mol. The number of carbonyl (C=O) groups is 3. The average Bonchev–Trinajstić information content (AvgIpc) is 2.57. The van der Waals surface area contributed by atoms with E-state index < -0.39 is 17.8 Å². The van der Waals surface area contributed by atoms with Gasteiger partial charge in [-0.2, -0.15) is 5.10 Å². The van der Waals surface area contributed by atoms with E-state index in [1.807, 2.05) is 19.1 Å². The van der Waals surface area contributed by atoms with Crippen LogP contribution >= 0.6 is 0 Å². The molecule has 0 bridgehead atoms. The van der Waals surface area contributed by atoms with Crippen LogP contribution in [-0.4, -0.2) is 29.1 Å². The van der Waals surface area contributed by atoms with E-state index in [0.29, 0.717) is 11.3 Å². The third-order valence-electron chi connectivity index (χ3n) is 3.05. The third kappa shape index (κ3) is 4.77. The number of hydrogen-bond acceptors (Lipinski definition) is 4. The Labute approximate surface area is 138 Å². The minimum atomic E-state index is -1.03. The van der Waals surface area contributed by atoms with Crippen molar-refractivity contribution in [3.63, 3.8) is 0 Å². The van der Waals surface area contributed by atoms with Gasteiger partial charge >= 0.3 is 17.8 Å². The standard InChI is InChI=1S/C17H15N3O4/c1-11-2-8-14(9-3-11)19-15(21)16(22)20-18-10-12-4-6-13(7-5-12)17(23)24/h2-10H,1H3,(H,19,21)(H,20,22)(H,23,24)/b18-10-. The second-order valence-corrected chi connectivity index (χ2v) is 4.95. The quantitative estimate of drug-likeness (QED) is 0.452. The molecule has 0 fully saturated rings. The van der Waals surface area contributed by atoms with Gasteiger partial charge in [-0.25, -0.2) is 10.2 Å². The lowest BCUT2D eigenvalue weighted by molar-refractivity contribution is -0.136. The Balaban J connectivity index is 1.88. The molecule has 2 aromatic rings. The Morgan fingerprint density at radius 2 is 1.58 bits per heavy atom. The average molecular weight is 325 g/mol. The van der Waals surface area contributed by atoms with E-state index in [4.69, 9.17) is 5.11 Å². The van der Waals surface area contributed by atoms with Gasteiger partial charge in [-0.1, -0.05) is 29.8 Å². The van der Waals surface area contributed by atoms with E-state index in [9.17, 15) is 14.4 Å². The van der Waals surface area contributed by atoms with Gasteiger partial charge < -0.3 is 10.4 Å². The van der Waals surface area contributed by atoms with Gasteiger partial charge in [-0.15, -0.1) is 0 Å². The maximum absolute atomic E-state index is 11.7. The summed E-state index contributed by atoms with van der Waals surface area (Å²) in [7, 11) is 0. The minimum absolute atomic E-state index is 0.147. The third-order valence-corrected chi connectivity index (χ3v) is 3.05. The van der Waals surface area contributed by atoms with Crippen molar-refractivity contribution in [2.45, 2.75) is 6.92 Å². The normalized spacial score (nSPS) is 10.4. The van der Waals surface area contributed by atoms with Gasteiger partial charge in [-0.3, -0.25) is 9.59 Å². The molecule has 2 rings (SSSR count). The van der Waals surface area contributed by atoms with Crippen LogP contribution in [0, 0.1) is 6.92 Å². The zero-order valence-electron chi connectivity index (χ0n) is 12.8. The number of hydrogen-bond donors (Lipinski definition) is 3. The maximum atomic E-state index is 11.7. The van der Waals surface area contributed by atoms with Crippen LogP contribution in [0.5, 0.6) is 0 Å². The number of benzene rings is 2. The smallest absolute Gasteiger partial charge is 0.335 e. The number of aromatic carboxylic acids is 1. The zero-order chi connectivity index (χ0) is 17.5. The number of amides is 2. The summed E-state index contributed by atoms with van der Waals surface area (Å²) in [6.45, 7) is 1.91. The van der Waals surface area contributed by atoms with Crippen LogP contribution in [0.4, 0.5) is 5.69 Å². The van der Waals surface area contributed by atoms with E-state index in [1.165, 1.54) is 30.5 Å². The van der Waals surface area contributed by atoms with Gasteiger partial charge in [0.25, 0.3) is 0 Å². The summed E-state index contributed by atoms with van der Waals surface area (Å²) >= 11 is 0. The molecule has 0 saturated carbocycles. The van der Waals surface area contributed by atoms with Gasteiger partial charge in [-0.05, 0) is 36.8 Å². The van der Waals surface area contributed by atoms with Crippen LogP contribution in [0.15, 0.2) is 53.6 Å². The Kier molecular flexibility index (Phi) is 5.40. The lowest BCUT2D eigenvalue weighted by Crippen LogP contribution is -2.32. The molecule has 0 aliphatic carbocycles. The number of hydrazone groups is 1. The molecular formula is C17H15N3O4. The Morgan fingerprint density at radius 1 is 0.958 bits per heavy atom. The molecule has 122 valence electrons. The highest BCUT2D eigenvalue weighted by atomic mass is 16.4. The summed E-state index contributed by atoms with van der Waals surface area (Å²) < 4.78 is 0. The fraction of sp³-hybridized carbons (Fsp3) is 0.0588. The van der Waals surface area contributed by atoms with Crippen molar-refractivity contribution in [3.05, 3.63) is 65.2 Å². The number of carboxylic acid groups (broad SMARTS) is 1.